The van der Waals surface area contributed by atoms with Crippen molar-refractivity contribution in [1.29, 1.82) is 0 Å². The van der Waals surface area contributed by atoms with Crippen LogP contribution in [0.5, 0.6) is 5.75 Å². The van der Waals surface area contributed by atoms with E-state index in [0.29, 0.717) is 18.8 Å². The minimum absolute atomic E-state index is 0.00417. The van der Waals surface area contributed by atoms with Crippen molar-refractivity contribution in [2.75, 3.05) is 13.1 Å². The van der Waals surface area contributed by atoms with Crippen LogP contribution >= 0.6 is 0 Å². The molecule has 4 nitrogen and oxygen atoms in total. The summed E-state index contributed by atoms with van der Waals surface area (Å²) in [6, 6.07) is 12.3. The third-order valence-electron chi connectivity index (χ3n) is 3.85. The number of hydrogen-bond acceptors (Lipinski definition) is 3. The number of ether oxygens (including phenoxy) is 1. The van der Waals surface area contributed by atoms with Crippen molar-refractivity contribution in [2.24, 2.45) is 0 Å². The number of amides is 1. The maximum absolute atomic E-state index is 12.6. The van der Waals surface area contributed by atoms with Crippen LogP contribution in [-0.2, 0) is 0 Å². The van der Waals surface area contributed by atoms with Gasteiger partial charge in [-0.1, -0.05) is 0 Å². The summed E-state index contributed by atoms with van der Waals surface area (Å²) in [6.07, 6.45) is 1.56. The zero-order valence-electron chi connectivity index (χ0n) is 15.6. The number of rotatable bonds is 6. The Morgan fingerprint density at radius 2 is 1.76 bits per heavy atom. The molecule has 1 aromatic carbocycles. The maximum atomic E-state index is 12.6. The third-order valence-corrected chi connectivity index (χ3v) is 7.94. The van der Waals surface area contributed by atoms with Gasteiger partial charge in [0.25, 0.3) is 0 Å². The van der Waals surface area contributed by atoms with E-state index < -0.39 is 8.07 Å². The van der Waals surface area contributed by atoms with E-state index in [-0.39, 0.29) is 21.1 Å². The number of aromatic nitrogens is 1. The second-order valence-corrected chi connectivity index (χ2v) is 14.0. The van der Waals surface area contributed by atoms with Gasteiger partial charge in [0.1, 0.15) is 0 Å². The molecule has 0 spiro atoms. The van der Waals surface area contributed by atoms with Crippen LogP contribution in [-0.4, -0.2) is 52.1 Å². The summed E-state index contributed by atoms with van der Waals surface area (Å²) in [5.41, 5.74) is 0. The van der Waals surface area contributed by atoms with Crippen molar-refractivity contribution in [3.63, 3.8) is 0 Å². The Hall–Kier alpha value is -1.62. The van der Waals surface area contributed by atoms with Crippen molar-refractivity contribution < 1.29 is 9.53 Å². The van der Waals surface area contributed by atoms with Crippen LogP contribution < -0.4 is 19.0 Å². The molecule has 6 heteroatoms. The standard InChI is InChI=1S/C19H26N2O2SeSi/c1-6-21(7-2)19(22)23-17-16(25(3,4)5)13-14-20-18(17)24-15-11-9-8-10-12-15/h8-14H,6-7H2,1-5H3. The van der Waals surface area contributed by atoms with E-state index in [2.05, 4.69) is 36.8 Å². The first-order valence-electron chi connectivity index (χ1n) is 8.56. The molecular weight excluding hydrogens is 395 g/mol. The van der Waals surface area contributed by atoms with Crippen LogP contribution in [0, 0.1) is 0 Å². The SMILES string of the molecule is CCN(CC)C(=O)Oc1c([Si](C)(C)C)ccnc1[Se]c1ccccc1. The summed E-state index contributed by atoms with van der Waals surface area (Å²) in [5, 5.41) is 1.15. The van der Waals surface area contributed by atoms with Crippen molar-refractivity contribution in [2.45, 2.75) is 33.5 Å². The van der Waals surface area contributed by atoms with Gasteiger partial charge >= 0.3 is 158 Å². The number of pyridine rings is 1. The molecule has 25 heavy (non-hydrogen) atoms. The molecule has 134 valence electrons. The Morgan fingerprint density at radius 1 is 1.12 bits per heavy atom. The fourth-order valence-electron chi connectivity index (χ4n) is 2.42. The molecule has 0 saturated carbocycles. The van der Waals surface area contributed by atoms with E-state index in [9.17, 15) is 4.79 Å². The molecule has 0 radical (unpaired) electrons. The number of benzene rings is 1. The van der Waals surface area contributed by atoms with Gasteiger partial charge in [-0.3, -0.25) is 0 Å². The van der Waals surface area contributed by atoms with E-state index in [1.165, 1.54) is 4.46 Å². The monoisotopic (exact) mass is 422 g/mol. The van der Waals surface area contributed by atoms with Gasteiger partial charge in [0.2, 0.25) is 0 Å². The third kappa shape index (κ3) is 5.17. The van der Waals surface area contributed by atoms with Crippen LogP contribution in [0.25, 0.3) is 0 Å². The number of hydrogen-bond donors (Lipinski definition) is 0. The molecule has 0 N–H and O–H groups in total. The van der Waals surface area contributed by atoms with Crippen LogP contribution in [0.4, 0.5) is 4.79 Å². The number of carbonyl (C=O) groups is 1. The van der Waals surface area contributed by atoms with Crippen molar-refractivity contribution in [3.05, 3.63) is 42.6 Å². The van der Waals surface area contributed by atoms with Crippen LogP contribution in [0.15, 0.2) is 42.6 Å². The Labute approximate surface area is 157 Å². The Kier molecular flexibility index (Phi) is 6.82. The summed E-state index contributed by atoms with van der Waals surface area (Å²) in [5.74, 6) is 0.683. The number of carbonyl (C=O) groups excluding carboxylic acids is 1. The first-order valence-corrected chi connectivity index (χ1v) is 13.8. The fourth-order valence-corrected chi connectivity index (χ4v) is 5.89. The average Bonchev–Trinajstić information content (AvgIpc) is 2.57. The minimum atomic E-state index is -1.67. The van der Waals surface area contributed by atoms with Gasteiger partial charge in [-0.2, -0.15) is 0 Å². The van der Waals surface area contributed by atoms with Gasteiger partial charge < -0.3 is 0 Å². The van der Waals surface area contributed by atoms with Crippen molar-refractivity contribution in [3.8, 4) is 5.75 Å². The molecule has 0 aliphatic carbocycles. The first kappa shape index (κ1) is 19.7. The summed E-state index contributed by atoms with van der Waals surface area (Å²) in [7, 11) is -1.67. The molecule has 0 fully saturated rings. The predicted octanol–water partition coefficient (Wildman–Crippen LogP) is 2.12. The van der Waals surface area contributed by atoms with Crippen LogP contribution in [0.3, 0.4) is 0 Å². The van der Waals surface area contributed by atoms with E-state index in [1.54, 1.807) is 4.90 Å². The Morgan fingerprint density at radius 3 is 2.32 bits per heavy atom. The predicted molar refractivity (Wildman–Crippen MR) is 108 cm³/mol. The molecular formula is C19H26N2O2SeSi. The summed E-state index contributed by atoms with van der Waals surface area (Å²) >= 11 is -0.00417. The zero-order chi connectivity index (χ0) is 18.4. The van der Waals surface area contributed by atoms with Crippen molar-refractivity contribution >= 4 is 43.4 Å². The molecule has 0 atom stereocenters. The van der Waals surface area contributed by atoms with Gasteiger partial charge in [0.15, 0.2) is 0 Å². The van der Waals surface area contributed by atoms with Gasteiger partial charge in [-0.05, 0) is 0 Å². The fraction of sp³-hybridized carbons (Fsp3) is 0.368. The molecule has 0 saturated heterocycles. The molecule has 0 bridgehead atoms. The molecule has 0 unspecified atom stereocenters. The average molecular weight is 421 g/mol. The summed E-state index contributed by atoms with van der Waals surface area (Å²) in [4.78, 5) is 18.8. The van der Waals surface area contributed by atoms with Gasteiger partial charge in [-0.15, -0.1) is 0 Å². The normalized spacial score (nSPS) is 11.2. The molecule has 1 amide bonds. The summed E-state index contributed by atoms with van der Waals surface area (Å²) in [6.45, 7) is 12.0. The van der Waals surface area contributed by atoms with Crippen molar-refractivity contribution in [1.82, 2.24) is 9.88 Å². The van der Waals surface area contributed by atoms with Crippen LogP contribution in [0.1, 0.15) is 13.8 Å². The molecule has 0 aliphatic rings. The Bertz CT molecular complexity index is 713. The van der Waals surface area contributed by atoms with E-state index in [4.69, 9.17) is 4.74 Å². The zero-order valence-corrected chi connectivity index (χ0v) is 18.3. The quantitative estimate of drug-likeness (QED) is 0.671. The molecule has 1 aromatic heterocycles. The molecule has 0 aliphatic heterocycles. The molecule has 2 rings (SSSR count). The van der Waals surface area contributed by atoms with Crippen LogP contribution in [0.2, 0.25) is 19.6 Å². The second-order valence-electron chi connectivity index (χ2n) is 6.70. The molecule has 1 heterocycles. The Balaban J connectivity index is 2.43. The van der Waals surface area contributed by atoms with E-state index >= 15 is 0 Å². The topological polar surface area (TPSA) is 42.4 Å². The first-order chi connectivity index (χ1) is 11.9. The van der Waals surface area contributed by atoms with E-state index in [1.807, 2.05) is 44.3 Å². The van der Waals surface area contributed by atoms with E-state index in [0.717, 1.165) is 9.78 Å². The molecule has 2 aromatic rings. The van der Waals surface area contributed by atoms with Gasteiger partial charge in [0.05, 0.1) is 0 Å². The van der Waals surface area contributed by atoms with Gasteiger partial charge in [0, 0.05) is 0 Å². The number of nitrogens with zero attached hydrogens (tertiary/aromatic N) is 2. The van der Waals surface area contributed by atoms with Gasteiger partial charge in [-0.25, -0.2) is 0 Å². The second kappa shape index (κ2) is 8.65. The summed E-state index contributed by atoms with van der Waals surface area (Å²) < 4.78 is 8.00.